The van der Waals surface area contributed by atoms with Gasteiger partial charge in [0.1, 0.15) is 5.69 Å². The van der Waals surface area contributed by atoms with E-state index in [2.05, 4.69) is 10.3 Å². The third-order valence-corrected chi connectivity index (χ3v) is 2.26. The molecule has 2 N–H and O–H groups in total. The van der Waals surface area contributed by atoms with Crippen molar-refractivity contribution < 1.29 is 10.2 Å². The molecule has 0 saturated heterocycles. The van der Waals surface area contributed by atoms with Crippen molar-refractivity contribution in [2.45, 2.75) is 31.6 Å². The Hall–Kier alpha value is -0.940. The fourth-order valence-corrected chi connectivity index (χ4v) is 1.32. The molecule has 12 heavy (non-hydrogen) atoms. The molecule has 1 saturated carbocycles. The average molecular weight is 169 g/mol. The van der Waals surface area contributed by atoms with E-state index >= 15 is 0 Å². The molecule has 1 aliphatic carbocycles. The van der Waals surface area contributed by atoms with E-state index in [0.717, 1.165) is 12.8 Å². The molecular weight excluding hydrogens is 158 g/mol. The molecule has 2 atom stereocenters. The number of aromatic nitrogens is 3. The van der Waals surface area contributed by atoms with Gasteiger partial charge in [0, 0.05) is 0 Å². The van der Waals surface area contributed by atoms with Crippen LogP contribution >= 0.6 is 0 Å². The minimum atomic E-state index is -0.293. The van der Waals surface area contributed by atoms with Crippen molar-refractivity contribution >= 4 is 0 Å². The zero-order valence-corrected chi connectivity index (χ0v) is 6.59. The highest BCUT2D eigenvalue weighted by Gasteiger charge is 2.31. The van der Waals surface area contributed by atoms with Gasteiger partial charge in [-0.25, -0.2) is 4.68 Å². The SMILES string of the molecule is OCc1cn(C2CCC2O)nn1. The second-order valence-electron chi connectivity index (χ2n) is 3.06. The minimum absolute atomic E-state index is 0.0674. The molecule has 0 radical (unpaired) electrons. The Morgan fingerprint density at radius 2 is 2.42 bits per heavy atom. The van der Waals surface area contributed by atoms with Gasteiger partial charge in [0.25, 0.3) is 0 Å². The Morgan fingerprint density at radius 1 is 1.58 bits per heavy atom. The van der Waals surface area contributed by atoms with E-state index in [1.807, 2.05) is 0 Å². The van der Waals surface area contributed by atoms with Crippen molar-refractivity contribution in [3.8, 4) is 0 Å². The third kappa shape index (κ3) is 1.11. The van der Waals surface area contributed by atoms with Gasteiger partial charge in [-0.2, -0.15) is 0 Å². The third-order valence-electron chi connectivity index (χ3n) is 2.26. The Bertz CT molecular complexity index is 273. The fraction of sp³-hybridized carbons (Fsp3) is 0.714. The monoisotopic (exact) mass is 169 g/mol. The van der Waals surface area contributed by atoms with Gasteiger partial charge in [0.15, 0.2) is 0 Å². The van der Waals surface area contributed by atoms with Crippen molar-refractivity contribution in [3.63, 3.8) is 0 Å². The number of hydrogen-bond acceptors (Lipinski definition) is 4. The minimum Gasteiger partial charge on any atom is -0.391 e. The molecule has 0 spiro atoms. The molecule has 2 unspecified atom stereocenters. The summed E-state index contributed by atoms with van der Waals surface area (Å²) in [5.41, 5.74) is 0.550. The summed E-state index contributed by atoms with van der Waals surface area (Å²) in [4.78, 5) is 0. The van der Waals surface area contributed by atoms with Crippen LogP contribution in [0, 0.1) is 0 Å². The highest BCUT2D eigenvalue weighted by atomic mass is 16.3. The van der Waals surface area contributed by atoms with Crippen LogP contribution in [0.25, 0.3) is 0 Å². The van der Waals surface area contributed by atoms with Crippen molar-refractivity contribution in [2.24, 2.45) is 0 Å². The molecule has 66 valence electrons. The summed E-state index contributed by atoms with van der Waals surface area (Å²) in [5, 5.41) is 25.5. The number of hydrogen-bond donors (Lipinski definition) is 2. The summed E-state index contributed by atoms with van der Waals surface area (Å²) >= 11 is 0. The summed E-state index contributed by atoms with van der Waals surface area (Å²) in [5.74, 6) is 0. The van der Waals surface area contributed by atoms with Crippen LogP contribution in [0.4, 0.5) is 0 Å². The van der Waals surface area contributed by atoms with Gasteiger partial charge >= 0.3 is 0 Å². The maximum absolute atomic E-state index is 9.29. The van der Waals surface area contributed by atoms with Crippen molar-refractivity contribution in [3.05, 3.63) is 11.9 Å². The van der Waals surface area contributed by atoms with Crippen LogP contribution in [0.2, 0.25) is 0 Å². The molecule has 0 amide bonds. The van der Waals surface area contributed by atoms with E-state index in [9.17, 15) is 5.11 Å². The van der Waals surface area contributed by atoms with Crippen LogP contribution in [0.3, 0.4) is 0 Å². The number of aliphatic hydroxyl groups is 2. The van der Waals surface area contributed by atoms with Crippen LogP contribution in [0.1, 0.15) is 24.6 Å². The van der Waals surface area contributed by atoms with E-state index in [-0.39, 0.29) is 18.8 Å². The first kappa shape index (κ1) is 7.70. The van der Waals surface area contributed by atoms with Crippen molar-refractivity contribution in [2.75, 3.05) is 0 Å². The predicted molar refractivity (Wildman–Crippen MR) is 40.2 cm³/mol. The van der Waals surface area contributed by atoms with E-state index in [4.69, 9.17) is 5.11 Å². The first-order valence-electron chi connectivity index (χ1n) is 4.01. The predicted octanol–water partition coefficient (Wildman–Crippen LogP) is -0.534. The maximum atomic E-state index is 9.29. The average Bonchev–Trinajstić information content (AvgIpc) is 2.50. The lowest BCUT2D eigenvalue weighted by molar-refractivity contribution is 0.0244. The van der Waals surface area contributed by atoms with Crippen LogP contribution in [-0.2, 0) is 6.61 Å². The molecule has 0 bridgehead atoms. The molecule has 1 aliphatic rings. The second-order valence-corrected chi connectivity index (χ2v) is 3.06. The lowest BCUT2D eigenvalue weighted by Crippen LogP contribution is -2.34. The summed E-state index contributed by atoms with van der Waals surface area (Å²) in [6.07, 6.45) is 3.15. The highest BCUT2D eigenvalue weighted by molar-refractivity contribution is 4.94. The molecule has 1 fully saturated rings. The van der Waals surface area contributed by atoms with Gasteiger partial charge in [0.2, 0.25) is 0 Å². The first-order valence-corrected chi connectivity index (χ1v) is 4.01. The van der Waals surface area contributed by atoms with Gasteiger partial charge in [-0.15, -0.1) is 5.10 Å². The second kappa shape index (κ2) is 2.84. The standard InChI is InChI=1S/C7H11N3O2/c11-4-5-3-10(9-8-5)6-1-2-7(6)12/h3,6-7,11-12H,1-2,4H2. The van der Waals surface area contributed by atoms with E-state index < -0.39 is 0 Å². The summed E-state index contributed by atoms with van der Waals surface area (Å²) in [6.45, 7) is -0.0944. The van der Waals surface area contributed by atoms with E-state index in [0.29, 0.717) is 5.69 Å². The Kier molecular flexibility index (Phi) is 1.82. The summed E-state index contributed by atoms with van der Waals surface area (Å²) < 4.78 is 1.62. The Labute approximate surface area is 69.6 Å². The van der Waals surface area contributed by atoms with E-state index in [1.54, 1.807) is 10.9 Å². The van der Waals surface area contributed by atoms with Gasteiger partial charge in [-0.3, -0.25) is 0 Å². The molecular formula is C7H11N3O2. The summed E-state index contributed by atoms with van der Waals surface area (Å²) in [7, 11) is 0. The molecule has 2 rings (SSSR count). The van der Waals surface area contributed by atoms with Gasteiger partial charge in [-0.05, 0) is 12.8 Å². The zero-order valence-electron chi connectivity index (χ0n) is 6.59. The molecule has 5 nitrogen and oxygen atoms in total. The Balaban J connectivity index is 2.12. The topological polar surface area (TPSA) is 71.2 Å². The maximum Gasteiger partial charge on any atom is 0.108 e. The van der Waals surface area contributed by atoms with Crippen LogP contribution in [-0.4, -0.2) is 31.3 Å². The largest absolute Gasteiger partial charge is 0.391 e. The van der Waals surface area contributed by atoms with Gasteiger partial charge < -0.3 is 10.2 Å². The molecule has 0 aromatic carbocycles. The number of rotatable bonds is 2. The van der Waals surface area contributed by atoms with Gasteiger partial charge in [0.05, 0.1) is 24.9 Å². The quantitative estimate of drug-likeness (QED) is 0.624. The van der Waals surface area contributed by atoms with Gasteiger partial charge in [-0.1, -0.05) is 5.21 Å². The first-order chi connectivity index (χ1) is 5.81. The van der Waals surface area contributed by atoms with Crippen LogP contribution in [0.5, 0.6) is 0 Å². The smallest absolute Gasteiger partial charge is 0.108 e. The zero-order chi connectivity index (χ0) is 8.55. The number of nitrogens with zero attached hydrogens (tertiary/aromatic N) is 3. The normalized spacial score (nSPS) is 28.5. The Morgan fingerprint density at radius 3 is 2.83 bits per heavy atom. The summed E-state index contributed by atoms with van der Waals surface area (Å²) in [6, 6.07) is 0.0674. The molecule has 5 heteroatoms. The lowest BCUT2D eigenvalue weighted by atomic mass is 9.89. The molecule has 1 aromatic heterocycles. The molecule has 0 aliphatic heterocycles. The van der Waals surface area contributed by atoms with Crippen molar-refractivity contribution in [1.82, 2.24) is 15.0 Å². The van der Waals surface area contributed by atoms with Crippen LogP contribution < -0.4 is 0 Å². The lowest BCUT2D eigenvalue weighted by Gasteiger charge is -2.31. The highest BCUT2D eigenvalue weighted by Crippen LogP contribution is 2.31. The number of aliphatic hydroxyl groups excluding tert-OH is 2. The fourth-order valence-electron chi connectivity index (χ4n) is 1.32. The van der Waals surface area contributed by atoms with E-state index in [1.165, 1.54) is 0 Å². The molecule has 1 aromatic rings. The van der Waals surface area contributed by atoms with Crippen LogP contribution in [0.15, 0.2) is 6.20 Å². The van der Waals surface area contributed by atoms with Crippen molar-refractivity contribution in [1.29, 1.82) is 0 Å². The molecule has 1 heterocycles.